The third-order valence-corrected chi connectivity index (χ3v) is 4.66. The second-order valence-electron chi connectivity index (χ2n) is 5.56. The number of sulfonamides is 1. The molecule has 0 radical (unpaired) electrons. The molecule has 1 amide bonds. The molecule has 0 heterocycles. The Morgan fingerprint density at radius 2 is 1.67 bits per heavy atom. The van der Waals surface area contributed by atoms with Crippen molar-refractivity contribution in [3.8, 4) is 0 Å². The van der Waals surface area contributed by atoms with Crippen LogP contribution < -0.4 is 9.62 Å². The summed E-state index contributed by atoms with van der Waals surface area (Å²) in [5, 5.41) is 2.81. The Morgan fingerprint density at radius 3 is 2.21 bits per heavy atom. The van der Waals surface area contributed by atoms with Crippen LogP contribution in [-0.4, -0.2) is 27.1 Å². The van der Waals surface area contributed by atoms with Crippen LogP contribution in [-0.2, 0) is 16.6 Å². The number of benzene rings is 2. The Morgan fingerprint density at radius 1 is 1.04 bits per heavy atom. The SMILES string of the molecule is CCCNC(=O)c1ccc(CN(c2ccccc2)S(C)(=O)=O)cc1. The van der Waals surface area contributed by atoms with E-state index in [1.165, 1.54) is 10.6 Å². The zero-order valence-electron chi connectivity index (χ0n) is 13.9. The van der Waals surface area contributed by atoms with E-state index in [4.69, 9.17) is 0 Å². The molecule has 6 heteroatoms. The van der Waals surface area contributed by atoms with Gasteiger partial charge in [-0.3, -0.25) is 9.10 Å². The van der Waals surface area contributed by atoms with E-state index in [1.807, 2.05) is 13.0 Å². The first-order valence-corrected chi connectivity index (χ1v) is 9.66. The number of amides is 1. The molecular formula is C18H22N2O3S. The van der Waals surface area contributed by atoms with Gasteiger partial charge in [0, 0.05) is 12.1 Å². The van der Waals surface area contributed by atoms with Gasteiger partial charge < -0.3 is 5.32 Å². The van der Waals surface area contributed by atoms with Gasteiger partial charge in [0.05, 0.1) is 18.5 Å². The summed E-state index contributed by atoms with van der Waals surface area (Å²) in [5.41, 5.74) is 2.00. The molecule has 2 aromatic rings. The third-order valence-electron chi connectivity index (χ3n) is 3.52. The van der Waals surface area contributed by atoms with Crippen LogP contribution in [0.25, 0.3) is 0 Å². The Balaban J connectivity index is 2.17. The molecule has 0 saturated carbocycles. The number of para-hydroxylation sites is 1. The minimum Gasteiger partial charge on any atom is -0.352 e. The van der Waals surface area contributed by atoms with Gasteiger partial charge in [-0.1, -0.05) is 37.3 Å². The summed E-state index contributed by atoms with van der Waals surface area (Å²) in [4.78, 5) is 11.9. The zero-order valence-corrected chi connectivity index (χ0v) is 14.7. The van der Waals surface area contributed by atoms with E-state index >= 15 is 0 Å². The van der Waals surface area contributed by atoms with Gasteiger partial charge in [0.1, 0.15) is 0 Å². The lowest BCUT2D eigenvalue weighted by molar-refractivity contribution is 0.0953. The maximum absolute atomic E-state index is 12.1. The van der Waals surface area contributed by atoms with E-state index < -0.39 is 10.0 Å². The molecule has 0 aliphatic carbocycles. The lowest BCUT2D eigenvalue weighted by Crippen LogP contribution is -2.29. The topological polar surface area (TPSA) is 66.5 Å². The van der Waals surface area contributed by atoms with Gasteiger partial charge in [0.2, 0.25) is 10.0 Å². The quantitative estimate of drug-likeness (QED) is 0.838. The summed E-state index contributed by atoms with van der Waals surface area (Å²) in [6, 6.07) is 15.9. The van der Waals surface area contributed by atoms with Crippen LogP contribution in [0.1, 0.15) is 29.3 Å². The molecule has 0 aromatic heterocycles. The Bertz CT molecular complexity index is 772. The first-order chi connectivity index (χ1) is 11.4. The van der Waals surface area contributed by atoms with Gasteiger partial charge >= 0.3 is 0 Å². The van der Waals surface area contributed by atoms with Crippen LogP contribution in [0.5, 0.6) is 0 Å². The maximum atomic E-state index is 12.1. The minimum atomic E-state index is -3.40. The molecule has 0 fully saturated rings. The van der Waals surface area contributed by atoms with E-state index in [0.717, 1.165) is 12.0 Å². The van der Waals surface area contributed by atoms with Crippen LogP contribution in [0, 0.1) is 0 Å². The van der Waals surface area contributed by atoms with Gasteiger partial charge in [-0.05, 0) is 36.2 Å². The number of carbonyl (C=O) groups is 1. The summed E-state index contributed by atoms with van der Waals surface area (Å²) in [5.74, 6) is -0.119. The van der Waals surface area contributed by atoms with Crippen LogP contribution >= 0.6 is 0 Å². The number of nitrogens with zero attached hydrogens (tertiary/aromatic N) is 1. The van der Waals surface area contributed by atoms with Crippen molar-refractivity contribution in [3.63, 3.8) is 0 Å². The molecule has 0 saturated heterocycles. The van der Waals surface area contributed by atoms with Crippen LogP contribution in [0.4, 0.5) is 5.69 Å². The molecule has 0 bridgehead atoms. The molecule has 0 unspecified atom stereocenters. The standard InChI is InChI=1S/C18H22N2O3S/c1-3-13-19-18(21)16-11-9-15(10-12-16)14-20(24(2,22)23)17-7-5-4-6-8-17/h4-12H,3,13-14H2,1-2H3,(H,19,21). The Hall–Kier alpha value is -2.34. The fourth-order valence-corrected chi connectivity index (χ4v) is 3.15. The summed E-state index contributed by atoms with van der Waals surface area (Å²) in [6.07, 6.45) is 2.07. The van der Waals surface area contributed by atoms with Crippen molar-refractivity contribution in [2.45, 2.75) is 19.9 Å². The molecule has 0 aliphatic heterocycles. The molecule has 1 N–H and O–H groups in total. The van der Waals surface area contributed by atoms with Crippen molar-refractivity contribution in [1.82, 2.24) is 5.32 Å². The Labute approximate surface area is 143 Å². The summed E-state index contributed by atoms with van der Waals surface area (Å²) < 4.78 is 25.5. The first-order valence-electron chi connectivity index (χ1n) is 7.81. The lowest BCUT2D eigenvalue weighted by Gasteiger charge is -2.22. The number of nitrogens with one attached hydrogen (secondary N) is 1. The van der Waals surface area contributed by atoms with Crippen LogP contribution in [0.15, 0.2) is 54.6 Å². The molecule has 128 valence electrons. The molecule has 5 nitrogen and oxygen atoms in total. The predicted octanol–water partition coefficient (Wildman–Crippen LogP) is 2.79. The minimum absolute atomic E-state index is 0.119. The van der Waals surface area contributed by atoms with E-state index in [9.17, 15) is 13.2 Å². The Kier molecular flexibility index (Phi) is 5.98. The van der Waals surface area contributed by atoms with E-state index in [0.29, 0.717) is 17.8 Å². The first kappa shape index (κ1) is 18.0. The lowest BCUT2D eigenvalue weighted by atomic mass is 10.1. The second-order valence-corrected chi connectivity index (χ2v) is 7.46. The summed E-state index contributed by atoms with van der Waals surface area (Å²) >= 11 is 0. The highest BCUT2D eigenvalue weighted by Gasteiger charge is 2.17. The van der Waals surface area contributed by atoms with E-state index in [1.54, 1.807) is 48.5 Å². The summed E-state index contributed by atoms with van der Waals surface area (Å²) in [7, 11) is -3.40. The highest BCUT2D eigenvalue weighted by Crippen LogP contribution is 2.20. The largest absolute Gasteiger partial charge is 0.352 e. The van der Waals surface area contributed by atoms with Crippen LogP contribution in [0.2, 0.25) is 0 Å². The molecule has 0 aliphatic rings. The van der Waals surface area contributed by atoms with E-state index in [-0.39, 0.29) is 12.5 Å². The van der Waals surface area contributed by atoms with Crippen molar-refractivity contribution in [2.75, 3.05) is 17.1 Å². The molecule has 0 atom stereocenters. The third kappa shape index (κ3) is 4.83. The zero-order chi connectivity index (χ0) is 17.6. The fourth-order valence-electron chi connectivity index (χ4n) is 2.26. The van der Waals surface area contributed by atoms with Crippen molar-refractivity contribution in [3.05, 3.63) is 65.7 Å². The highest BCUT2D eigenvalue weighted by atomic mass is 32.2. The van der Waals surface area contributed by atoms with Crippen molar-refractivity contribution >= 4 is 21.6 Å². The average Bonchev–Trinajstić information content (AvgIpc) is 2.58. The van der Waals surface area contributed by atoms with E-state index in [2.05, 4.69) is 5.32 Å². The normalized spacial score (nSPS) is 11.1. The van der Waals surface area contributed by atoms with Gasteiger partial charge in [0.15, 0.2) is 0 Å². The van der Waals surface area contributed by atoms with Crippen molar-refractivity contribution in [1.29, 1.82) is 0 Å². The number of anilines is 1. The molecule has 2 rings (SSSR count). The second kappa shape index (κ2) is 7.97. The fraction of sp³-hybridized carbons (Fsp3) is 0.278. The van der Waals surface area contributed by atoms with Crippen LogP contribution in [0.3, 0.4) is 0 Å². The van der Waals surface area contributed by atoms with Crippen molar-refractivity contribution < 1.29 is 13.2 Å². The van der Waals surface area contributed by atoms with Gasteiger partial charge in [-0.15, -0.1) is 0 Å². The number of hydrogen-bond acceptors (Lipinski definition) is 3. The molecule has 0 spiro atoms. The monoisotopic (exact) mass is 346 g/mol. The summed E-state index contributed by atoms with van der Waals surface area (Å²) in [6.45, 7) is 2.85. The number of rotatable bonds is 7. The smallest absolute Gasteiger partial charge is 0.251 e. The number of carbonyl (C=O) groups excluding carboxylic acids is 1. The average molecular weight is 346 g/mol. The highest BCUT2D eigenvalue weighted by molar-refractivity contribution is 7.92. The van der Waals surface area contributed by atoms with Crippen molar-refractivity contribution in [2.24, 2.45) is 0 Å². The van der Waals surface area contributed by atoms with Gasteiger partial charge in [-0.25, -0.2) is 8.42 Å². The maximum Gasteiger partial charge on any atom is 0.251 e. The predicted molar refractivity (Wildman–Crippen MR) is 96.5 cm³/mol. The number of hydrogen-bond donors (Lipinski definition) is 1. The van der Waals surface area contributed by atoms with Gasteiger partial charge in [0.25, 0.3) is 5.91 Å². The molecule has 24 heavy (non-hydrogen) atoms. The molecule has 2 aromatic carbocycles. The molecular weight excluding hydrogens is 324 g/mol. The van der Waals surface area contributed by atoms with Gasteiger partial charge in [-0.2, -0.15) is 0 Å².